The number of carbonyl (C=O) groups is 1. The summed E-state index contributed by atoms with van der Waals surface area (Å²) in [4.78, 5) is 12.5. The summed E-state index contributed by atoms with van der Waals surface area (Å²) in [7, 11) is 3.28. The van der Waals surface area contributed by atoms with Gasteiger partial charge in [-0.3, -0.25) is 4.79 Å². The minimum atomic E-state index is 0.139. The number of rotatable bonds is 7. The molecule has 0 N–H and O–H groups in total. The summed E-state index contributed by atoms with van der Waals surface area (Å²) in [5.41, 5.74) is 1.81. The maximum atomic E-state index is 12.5. The Hall–Kier alpha value is -2.29. The van der Waals surface area contributed by atoms with Crippen molar-refractivity contribution in [1.29, 1.82) is 0 Å². The van der Waals surface area contributed by atoms with Crippen LogP contribution in [0.15, 0.2) is 48.5 Å². The number of ether oxygens (including phenoxy) is 2. The monoisotopic (exact) mass is 298 g/mol. The molecule has 0 saturated heterocycles. The zero-order valence-electron chi connectivity index (χ0n) is 13.3. The number of benzene rings is 2. The first-order valence-electron chi connectivity index (χ1n) is 7.49. The molecule has 0 amide bonds. The Bertz CT molecular complexity index is 617. The van der Waals surface area contributed by atoms with Gasteiger partial charge >= 0.3 is 0 Å². The highest BCUT2D eigenvalue weighted by Gasteiger charge is 2.18. The van der Waals surface area contributed by atoms with E-state index in [1.165, 1.54) is 0 Å². The first kappa shape index (κ1) is 16.1. The zero-order valence-corrected chi connectivity index (χ0v) is 13.3. The van der Waals surface area contributed by atoms with Gasteiger partial charge in [-0.2, -0.15) is 0 Å². The maximum absolute atomic E-state index is 12.5. The molecule has 3 nitrogen and oxygen atoms in total. The molecular formula is C19H22O3. The lowest BCUT2D eigenvalue weighted by molar-refractivity contribution is 0.0972. The van der Waals surface area contributed by atoms with Crippen molar-refractivity contribution in [3.63, 3.8) is 0 Å². The second kappa shape index (κ2) is 7.64. The number of Topliss-reactive ketones (excluding diaryl/α,β-unsaturated/α-hetero) is 1. The minimum Gasteiger partial charge on any atom is -0.497 e. The average Bonchev–Trinajstić information content (AvgIpc) is 2.59. The highest BCUT2D eigenvalue weighted by Crippen LogP contribution is 2.32. The SMILES string of the molecule is CC[C@H](CC(=O)c1ccc(OC)cc1)c1ccccc1OC. The van der Waals surface area contributed by atoms with Gasteiger partial charge in [0.2, 0.25) is 0 Å². The Labute approximate surface area is 131 Å². The van der Waals surface area contributed by atoms with Gasteiger partial charge in [-0.1, -0.05) is 25.1 Å². The van der Waals surface area contributed by atoms with Crippen molar-refractivity contribution in [2.24, 2.45) is 0 Å². The van der Waals surface area contributed by atoms with E-state index in [2.05, 4.69) is 6.92 Å². The third kappa shape index (κ3) is 3.67. The van der Waals surface area contributed by atoms with Gasteiger partial charge < -0.3 is 9.47 Å². The van der Waals surface area contributed by atoms with Crippen molar-refractivity contribution in [2.75, 3.05) is 14.2 Å². The Morgan fingerprint density at radius 1 is 1.00 bits per heavy atom. The summed E-state index contributed by atoms with van der Waals surface area (Å²) in [5.74, 6) is 1.90. The van der Waals surface area contributed by atoms with Gasteiger partial charge in [0.25, 0.3) is 0 Å². The second-order valence-corrected chi connectivity index (χ2v) is 5.20. The fraction of sp³-hybridized carbons (Fsp3) is 0.316. The maximum Gasteiger partial charge on any atom is 0.163 e. The molecule has 0 spiro atoms. The standard InChI is InChI=1S/C19H22O3/c1-4-14(17-7-5-6-8-19(17)22-3)13-18(20)15-9-11-16(21-2)12-10-15/h5-12,14H,4,13H2,1-3H3/t14-/m1/s1. The smallest absolute Gasteiger partial charge is 0.163 e. The van der Waals surface area contributed by atoms with Crippen LogP contribution in [-0.4, -0.2) is 20.0 Å². The highest BCUT2D eigenvalue weighted by atomic mass is 16.5. The summed E-state index contributed by atoms with van der Waals surface area (Å²) in [5, 5.41) is 0. The Balaban J connectivity index is 2.16. The van der Waals surface area contributed by atoms with Crippen LogP contribution >= 0.6 is 0 Å². The van der Waals surface area contributed by atoms with Gasteiger partial charge in [0.05, 0.1) is 14.2 Å². The average molecular weight is 298 g/mol. The van der Waals surface area contributed by atoms with E-state index in [1.54, 1.807) is 14.2 Å². The molecule has 1 atom stereocenters. The first-order chi connectivity index (χ1) is 10.7. The predicted molar refractivity (Wildman–Crippen MR) is 88.0 cm³/mol. The van der Waals surface area contributed by atoms with Crippen LogP contribution < -0.4 is 9.47 Å². The van der Waals surface area contributed by atoms with Gasteiger partial charge in [0.15, 0.2) is 5.78 Å². The van der Waals surface area contributed by atoms with E-state index in [0.717, 1.165) is 23.5 Å². The molecule has 0 aliphatic carbocycles. The van der Waals surface area contributed by atoms with Crippen molar-refractivity contribution >= 4 is 5.78 Å². The summed E-state index contributed by atoms with van der Waals surface area (Å²) < 4.78 is 10.5. The van der Waals surface area contributed by atoms with Gasteiger partial charge in [0, 0.05) is 12.0 Å². The molecule has 0 aliphatic heterocycles. The molecule has 2 rings (SSSR count). The molecule has 22 heavy (non-hydrogen) atoms. The summed E-state index contributed by atoms with van der Waals surface area (Å²) in [6.45, 7) is 2.10. The topological polar surface area (TPSA) is 35.5 Å². The Morgan fingerprint density at radius 3 is 2.27 bits per heavy atom. The van der Waals surface area contributed by atoms with Crippen LogP contribution in [0, 0.1) is 0 Å². The van der Waals surface area contributed by atoms with Gasteiger partial charge in [-0.15, -0.1) is 0 Å². The predicted octanol–water partition coefficient (Wildman–Crippen LogP) is 4.47. The molecule has 0 fully saturated rings. The van der Waals surface area contributed by atoms with Gasteiger partial charge in [-0.05, 0) is 48.2 Å². The number of carbonyl (C=O) groups excluding carboxylic acids is 1. The van der Waals surface area contributed by atoms with E-state index in [1.807, 2.05) is 48.5 Å². The molecule has 0 aliphatic rings. The fourth-order valence-electron chi connectivity index (χ4n) is 2.60. The van der Waals surface area contributed by atoms with Crippen molar-refractivity contribution in [3.8, 4) is 11.5 Å². The molecular weight excluding hydrogens is 276 g/mol. The third-order valence-corrected chi connectivity index (χ3v) is 3.92. The van der Waals surface area contributed by atoms with E-state index in [4.69, 9.17) is 9.47 Å². The van der Waals surface area contributed by atoms with Crippen molar-refractivity contribution in [3.05, 3.63) is 59.7 Å². The molecule has 2 aromatic rings. The molecule has 2 aromatic carbocycles. The number of hydrogen-bond acceptors (Lipinski definition) is 3. The van der Waals surface area contributed by atoms with Crippen LogP contribution in [0.2, 0.25) is 0 Å². The minimum absolute atomic E-state index is 0.139. The van der Waals surface area contributed by atoms with Gasteiger partial charge in [0.1, 0.15) is 11.5 Å². The molecule has 0 radical (unpaired) electrons. The largest absolute Gasteiger partial charge is 0.497 e. The lowest BCUT2D eigenvalue weighted by Gasteiger charge is -2.17. The summed E-state index contributed by atoms with van der Waals surface area (Å²) in [6, 6.07) is 15.2. The number of ketones is 1. The summed E-state index contributed by atoms with van der Waals surface area (Å²) >= 11 is 0. The lowest BCUT2D eigenvalue weighted by atomic mass is 9.89. The zero-order chi connectivity index (χ0) is 15.9. The molecule has 0 unspecified atom stereocenters. The molecule has 116 valence electrons. The van der Waals surface area contributed by atoms with Crippen LogP contribution in [0.25, 0.3) is 0 Å². The van der Waals surface area contributed by atoms with E-state index < -0.39 is 0 Å². The Morgan fingerprint density at radius 2 is 1.68 bits per heavy atom. The van der Waals surface area contributed by atoms with Crippen LogP contribution in [-0.2, 0) is 0 Å². The van der Waals surface area contributed by atoms with Crippen LogP contribution in [0.5, 0.6) is 11.5 Å². The molecule has 0 heterocycles. The highest BCUT2D eigenvalue weighted by molar-refractivity contribution is 5.96. The molecule has 0 aromatic heterocycles. The van der Waals surface area contributed by atoms with E-state index in [-0.39, 0.29) is 11.7 Å². The van der Waals surface area contributed by atoms with Gasteiger partial charge in [-0.25, -0.2) is 0 Å². The van der Waals surface area contributed by atoms with E-state index in [9.17, 15) is 4.79 Å². The quantitative estimate of drug-likeness (QED) is 0.707. The van der Waals surface area contributed by atoms with Crippen molar-refractivity contribution < 1.29 is 14.3 Å². The molecule has 0 saturated carbocycles. The van der Waals surface area contributed by atoms with E-state index in [0.29, 0.717) is 12.0 Å². The number of hydrogen-bond donors (Lipinski definition) is 0. The molecule has 3 heteroatoms. The lowest BCUT2D eigenvalue weighted by Crippen LogP contribution is -2.08. The van der Waals surface area contributed by atoms with E-state index >= 15 is 0 Å². The van der Waals surface area contributed by atoms with Crippen molar-refractivity contribution in [2.45, 2.75) is 25.7 Å². The van der Waals surface area contributed by atoms with Crippen LogP contribution in [0.1, 0.15) is 41.6 Å². The van der Waals surface area contributed by atoms with Crippen LogP contribution in [0.4, 0.5) is 0 Å². The first-order valence-corrected chi connectivity index (χ1v) is 7.49. The number of methoxy groups -OCH3 is 2. The number of para-hydroxylation sites is 1. The summed E-state index contributed by atoms with van der Waals surface area (Å²) in [6.07, 6.45) is 1.37. The third-order valence-electron chi connectivity index (χ3n) is 3.92. The van der Waals surface area contributed by atoms with Crippen molar-refractivity contribution in [1.82, 2.24) is 0 Å². The Kier molecular flexibility index (Phi) is 5.59. The normalized spacial score (nSPS) is 11.8. The molecule has 0 bridgehead atoms. The fourth-order valence-corrected chi connectivity index (χ4v) is 2.60. The van der Waals surface area contributed by atoms with Crippen LogP contribution in [0.3, 0.4) is 0 Å². The second-order valence-electron chi connectivity index (χ2n) is 5.20.